The first-order valence-corrected chi connectivity index (χ1v) is 9.21. The summed E-state index contributed by atoms with van der Waals surface area (Å²) in [7, 11) is 3.44. The highest BCUT2D eigenvalue weighted by molar-refractivity contribution is 7.09. The fourth-order valence-electron chi connectivity index (χ4n) is 2.60. The molecule has 0 aliphatic heterocycles. The molecule has 0 aliphatic carbocycles. The van der Waals surface area contributed by atoms with Crippen molar-refractivity contribution in [2.24, 2.45) is 0 Å². The van der Waals surface area contributed by atoms with Crippen LogP contribution in [0.4, 0.5) is 0 Å². The molecule has 0 fully saturated rings. The molecular formula is C18H22N4O2S. The van der Waals surface area contributed by atoms with E-state index in [4.69, 9.17) is 4.74 Å². The van der Waals surface area contributed by atoms with Crippen molar-refractivity contribution in [2.45, 2.75) is 26.2 Å². The number of carbonyl (C=O) groups excluding carboxylic acids is 1. The predicted octanol–water partition coefficient (Wildman–Crippen LogP) is 3.30. The first kappa shape index (κ1) is 17.4. The molecule has 0 unspecified atom stereocenters. The zero-order valence-electron chi connectivity index (χ0n) is 14.7. The third-order valence-electron chi connectivity index (χ3n) is 4.00. The second kappa shape index (κ2) is 7.65. The molecule has 1 N–H and O–H groups in total. The highest BCUT2D eigenvalue weighted by atomic mass is 32.1. The number of nitrogens with zero attached hydrogens (tertiary/aromatic N) is 3. The van der Waals surface area contributed by atoms with Gasteiger partial charge in [-0.15, -0.1) is 11.3 Å². The maximum absolute atomic E-state index is 12.5. The summed E-state index contributed by atoms with van der Waals surface area (Å²) in [5.41, 5.74) is 2.37. The van der Waals surface area contributed by atoms with Crippen molar-refractivity contribution in [3.05, 3.63) is 40.1 Å². The summed E-state index contributed by atoms with van der Waals surface area (Å²) in [4.78, 5) is 26.4. The Morgan fingerprint density at radius 2 is 2.16 bits per heavy atom. The van der Waals surface area contributed by atoms with Crippen LogP contribution >= 0.6 is 11.3 Å². The van der Waals surface area contributed by atoms with Gasteiger partial charge in [0.2, 0.25) is 0 Å². The van der Waals surface area contributed by atoms with Crippen LogP contribution in [0, 0.1) is 0 Å². The lowest BCUT2D eigenvalue weighted by molar-refractivity contribution is 0.0791. The van der Waals surface area contributed by atoms with Gasteiger partial charge >= 0.3 is 0 Å². The number of thiazole rings is 1. The van der Waals surface area contributed by atoms with Gasteiger partial charge in [-0.1, -0.05) is 6.92 Å². The number of rotatable bonds is 7. The number of aryl methyl sites for hydroxylation is 1. The van der Waals surface area contributed by atoms with Crippen LogP contribution in [0.5, 0.6) is 5.75 Å². The number of likely N-dealkylation sites (N-methyl/N-ethyl adjacent to an activating group) is 1. The van der Waals surface area contributed by atoms with Gasteiger partial charge in [0.25, 0.3) is 5.91 Å². The van der Waals surface area contributed by atoms with E-state index in [9.17, 15) is 4.79 Å². The predicted molar refractivity (Wildman–Crippen MR) is 99.4 cm³/mol. The van der Waals surface area contributed by atoms with E-state index in [0.717, 1.165) is 40.5 Å². The number of hydrogen-bond acceptors (Lipinski definition) is 5. The summed E-state index contributed by atoms with van der Waals surface area (Å²) < 4.78 is 5.22. The summed E-state index contributed by atoms with van der Waals surface area (Å²) in [6.45, 7) is 2.69. The average molecular weight is 358 g/mol. The van der Waals surface area contributed by atoms with Crippen molar-refractivity contribution in [1.29, 1.82) is 0 Å². The SMILES string of the molecule is CCCc1nc(C(=O)N(C)CCc2nc3ccc(OC)cc3[nH]2)cs1. The van der Waals surface area contributed by atoms with Gasteiger partial charge in [-0.3, -0.25) is 4.79 Å². The first-order chi connectivity index (χ1) is 12.1. The molecule has 7 heteroatoms. The summed E-state index contributed by atoms with van der Waals surface area (Å²) in [5, 5.41) is 2.86. The summed E-state index contributed by atoms with van der Waals surface area (Å²) in [5.74, 6) is 1.60. The zero-order valence-corrected chi connectivity index (χ0v) is 15.5. The van der Waals surface area contributed by atoms with Crippen molar-refractivity contribution in [1.82, 2.24) is 19.9 Å². The fourth-order valence-corrected chi connectivity index (χ4v) is 3.47. The molecule has 3 rings (SSSR count). The number of H-pyrrole nitrogens is 1. The van der Waals surface area contributed by atoms with E-state index < -0.39 is 0 Å². The summed E-state index contributed by atoms with van der Waals surface area (Å²) >= 11 is 1.55. The van der Waals surface area contributed by atoms with Gasteiger partial charge in [0.05, 0.1) is 23.2 Å². The normalized spacial score (nSPS) is 11.0. The fraction of sp³-hybridized carbons (Fsp3) is 0.389. The Hall–Kier alpha value is -2.41. The van der Waals surface area contributed by atoms with E-state index in [2.05, 4.69) is 21.9 Å². The molecule has 0 atom stereocenters. The highest BCUT2D eigenvalue weighted by Crippen LogP contribution is 2.19. The van der Waals surface area contributed by atoms with Gasteiger partial charge in [-0.05, 0) is 25.0 Å². The van der Waals surface area contributed by atoms with Gasteiger partial charge < -0.3 is 14.6 Å². The molecule has 2 aromatic heterocycles. The Labute approximate surface area is 150 Å². The minimum atomic E-state index is -0.0450. The number of hydrogen-bond donors (Lipinski definition) is 1. The van der Waals surface area contributed by atoms with Crippen LogP contribution in [0.3, 0.4) is 0 Å². The number of carbonyl (C=O) groups is 1. The Balaban J connectivity index is 1.62. The maximum Gasteiger partial charge on any atom is 0.273 e. The van der Waals surface area contributed by atoms with E-state index in [1.165, 1.54) is 0 Å². The average Bonchev–Trinajstić information content (AvgIpc) is 3.25. The van der Waals surface area contributed by atoms with Crippen molar-refractivity contribution in [2.75, 3.05) is 20.7 Å². The molecule has 0 saturated heterocycles. The monoisotopic (exact) mass is 358 g/mol. The number of nitrogens with one attached hydrogen (secondary N) is 1. The number of imidazole rings is 1. The Kier molecular flexibility index (Phi) is 5.33. The number of ether oxygens (including phenoxy) is 1. The lowest BCUT2D eigenvalue weighted by atomic mass is 10.3. The number of amides is 1. The van der Waals surface area contributed by atoms with Gasteiger partial charge in [0.15, 0.2) is 0 Å². The third kappa shape index (κ3) is 3.99. The Bertz CT molecular complexity index is 871. The summed E-state index contributed by atoms with van der Waals surface area (Å²) in [6.07, 6.45) is 2.61. The number of benzene rings is 1. The van der Waals surface area contributed by atoms with Crippen LogP contribution in [0.15, 0.2) is 23.6 Å². The van der Waals surface area contributed by atoms with Gasteiger partial charge in [0.1, 0.15) is 17.3 Å². The largest absolute Gasteiger partial charge is 0.497 e. The summed E-state index contributed by atoms with van der Waals surface area (Å²) in [6, 6.07) is 5.73. The topological polar surface area (TPSA) is 71.1 Å². The molecular weight excluding hydrogens is 336 g/mol. The van der Waals surface area contributed by atoms with Crippen LogP contribution in [0.1, 0.15) is 34.7 Å². The van der Waals surface area contributed by atoms with Crippen LogP contribution in [0.2, 0.25) is 0 Å². The molecule has 2 heterocycles. The van der Waals surface area contributed by atoms with Gasteiger partial charge in [-0.25, -0.2) is 9.97 Å². The molecule has 0 bridgehead atoms. The van der Waals surface area contributed by atoms with Crippen LogP contribution in [0.25, 0.3) is 11.0 Å². The lowest BCUT2D eigenvalue weighted by Gasteiger charge is -2.14. The lowest BCUT2D eigenvalue weighted by Crippen LogP contribution is -2.29. The van der Waals surface area contributed by atoms with Crippen molar-refractivity contribution in [3.63, 3.8) is 0 Å². The standard InChI is InChI=1S/C18H22N4O2S/c1-4-5-17-21-15(11-25-17)18(23)22(2)9-8-16-19-13-7-6-12(24-3)10-14(13)20-16/h6-7,10-11H,4-5,8-9H2,1-3H3,(H,19,20). The van der Waals surface area contributed by atoms with Crippen LogP contribution in [-0.2, 0) is 12.8 Å². The number of aromatic amines is 1. The molecule has 1 amide bonds. The van der Waals surface area contributed by atoms with Crippen molar-refractivity contribution >= 4 is 28.3 Å². The maximum atomic E-state index is 12.5. The van der Waals surface area contributed by atoms with Gasteiger partial charge in [-0.2, -0.15) is 0 Å². The van der Waals surface area contributed by atoms with Crippen molar-refractivity contribution < 1.29 is 9.53 Å². The van der Waals surface area contributed by atoms with E-state index in [0.29, 0.717) is 18.7 Å². The van der Waals surface area contributed by atoms with E-state index in [1.807, 2.05) is 23.6 Å². The Morgan fingerprint density at radius 1 is 1.32 bits per heavy atom. The molecule has 132 valence electrons. The van der Waals surface area contributed by atoms with E-state index in [1.54, 1.807) is 30.4 Å². The number of methoxy groups -OCH3 is 1. The smallest absolute Gasteiger partial charge is 0.273 e. The second-order valence-corrected chi connectivity index (χ2v) is 6.86. The molecule has 0 radical (unpaired) electrons. The van der Waals surface area contributed by atoms with Gasteiger partial charge in [0, 0.05) is 31.5 Å². The quantitative estimate of drug-likeness (QED) is 0.703. The van der Waals surface area contributed by atoms with E-state index >= 15 is 0 Å². The first-order valence-electron chi connectivity index (χ1n) is 8.33. The number of aromatic nitrogens is 3. The molecule has 6 nitrogen and oxygen atoms in total. The molecule has 3 aromatic rings. The van der Waals surface area contributed by atoms with Crippen molar-refractivity contribution in [3.8, 4) is 5.75 Å². The molecule has 25 heavy (non-hydrogen) atoms. The molecule has 0 spiro atoms. The van der Waals surface area contributed by atoms with Crippen LogP contribution in [-0.4, -0.2) is 46.5 Å². The van der Waals surface area contributed by atoms with Crippen LogP contribution < -0.4 is 4.74 Å². The molecule has 0 saturated carbocycles. The molecule has 0 aliphatic rings. The minimum Gasteiger partial charge on any atom is -0.497 e. The number of fused-ring (bicyclic) bond motifs is 1. The zero-order chi connectivity index (χ0) is 17.8. The Morgan fingerprint density at radius 3 is 2.92 bits per heavy atom. The third-order valence-corrected chi connectivity index (χ3v) is 4.91. The van der Waals surface area contributed by atoms with E-state index in [-0.39, 0.29) is 5.91 Å². The molecule has 1 aromatic carbocycles. The second-order valence-electron chi connectivity index (χ2n) is 5.92. The minimum absolute atomic E-state index is 0.0450. The highest BCUT2D eigenvalue weighted by Gasteiger charge is 2.16.